The third-order valence-corrected chi connectivity index (χ3v) is 2.73. The highest BCUT2D eigenvalue weighted by Crippen LogP contribution is 2.36. The van der Waals surface area contributed by atoms with Gasteiger partial charge in [0.1, 0.15) is 0 Å². The van der Waals surface area contributed by atoms with E-state index in [0.717, 1.165) is 18.4 Å². The van der Waals surface area contributed by atoms with E-state index in [1.54, 1.807) is 0 Å². The standard InChI is InChI=1S/C11H14O/c1-8-3-4-9-5-6-11(2,12)10(9)7-8/h3-4,7,12H,5-6H2,1-2H3/t11-/m1/s1. The monoisotopic (exact) mass is 162 g/mol. The van der Waals surface area contributed by atoms with Crippen LogP contribution in [0.15, 0.2) is 18.2 Å². The maximum atomic E-state index is 9.97. The van der Waals surface area contributed by atoms with Crippen molar-refractivity contribution in [2.24, 2.45) is 0 Å². The molecule has 1 aromatic carbocycles. The van der Waals surface area contributed by atoms with E-state index in [1.807, 2.05) is 6.92 Å². The van der Waals surface area contributed by atoms with Gasteiger partial charge in [0.25, 0.3) is 0 Å². The predicted octanol–water partition coefficient (Wildman–Crippen LogP) is 2.15. The summed E-state index contributed by atoms with van der Waals surface area (Å²) in [6, 6.07) is 6.34. The van der Waals surface area contributed by atoms with Crippen molar-refractivity contribution in [2.45, 2.75) is 32.3 Å². The third-order valence-electron chi connectivity index (χ3n) is 2.73. The minimum absolute atomic E-state index is 0.582. The Morgan fingerprint density at radius 3 is 2.92 bits per heavy atom. The largest absolute Gasteiger partial charge is 0.385 e. The van der Waals surface area contributed by atoms with Gasteiger partial charge in [0.05, 0.1) is 5.60 Å². The van der Waals surface area contributed by atoms with Crippen LogP contribution in [0.4, 0.5) is 0 Å². The fourth-order valence-electron chi connectivity index (χ4n) is 1.92. The van der Waals surface area contributed by atoms with Crippen LogP contribution in [-0.2, 0) is 12.0 Å². The fourth-order valence-corrected chi connectivity index (χ4v) is 1.92. The van der Waals surface area contributed by atoms with Crippen molar-refractivity contribution in [1.29, 1.82) is 0 Å². The normalized spacial score (nSPS) is 27.2. The van der Waals surface area contributed by atoms with Crippen molar-refractivity contribution in [3.8, 4) is 0 Å². The molecule has 0 amide bonds. The highest BCUT2D eigenvalue weighted by atomic mass is 16.3. The van der Waals surface area contributed by atoms with Crippen LogP contribution < -0.4 is 0 Å². The minimum Gasteiger partial charge on any atom is -0.385 e. The van der Waals surface area contributed by atoms with Crippen LogP contribution in [0.5, 0.6) is 0 Å². The molecule has 1 atom stereocenters. The summed E-state index contributed by atoms with van der Waals surface area (Å²) in [5.41, 5.74) is 3.09. The second-order valence-corrected chi connectivity index (χ2v) is 3.93. The Hall–Kier alpha value is -0.820. The van der Waals surface area contributed by atoms with Crippen LogP contribution in [0, 0.1) is 6.92 Å². The van der Waals surface area contributed by atoms with Gasteiger partial charge in [-0.1, -0.05) is 23.8 Å². The second kappa shape index (κ2) is 2.33. The third kappa shape index (κ3) is 1.05. The maximum Gasteiger partial charge on any atom is 0.0874 e. The highest BCUT2D eigenvalue weighted by molar-refractivity contribution is 5.39. The summed E-state index contributed by atoms with van der Waals surface area (Å²) in [4.78, 5) is 0. The lowest BCUT2D eigenvalue weighted by Crippen LogP contribution is -2.16. The van der Waals surface area contributed by atoms with Gasteiger partial charge in [0, 0.05) is 0 Å². The Kier molecular flexibility index (Phi) is 1.52. The molecule has 2 rings (SSSR count). The number of aryl methyl sites for hydroxylation is 2. The summed E-state index contributed by atoms with van der Waals surface area (Å²) < 4.78 is 0. The number of benzene rings is 1. The quantitative estimate of drug-likeness (QED) is 0.619. The molecule has 1 heteroatoms. The van der Waals surface area contributed by atoms with E-state index in [1.165, 1.54) is 11.1 Å². The van der Waals surface area contributed by atoms with E-state index >= 15 is 0 Å². The first-order valence-electron chi connectivity index (χ1n) is 4.42. The molecule has 0 fully saturated rings. The van der Waals surface area contributed by atoms with E-state index in [0.29, 0.717) is 0 Å². The number of rotatable bonds is 0. The van der Waals surface area contributed by atoms with Crippen molar-refractivity contribution in [3.05, 3.63) is 34.9 Å². The Morgan fingerprint density at radius 1 is 1.42 bits per heavy atom. The van der Waals surface area contributed by atoms with Gasteiger partial charge in [-0.2, -0.15) is 0 Å². The molecule has 1 aliphatic rings. The summed E-state index contributed by atoms with van der Waals surface area (Å²) in [7, 11) is 0. The predicted molar refractivity (Wildman–Crippen MR) is 49.1 cm³/mol. The first kappa shape index (κ1) is 7.81. The lowest BCUT2D eigenvalue weighted by atomic mass is 9.97. The molecule has 1 aliphatic carbocycles. The van der Waals surface area contributed by atoms with Gasteiger partial charge in [-0.3, -0.25) is 0 Å². The van der Waals surface area contributed by atoms with Crippen molar-refractivity contribution < 1.29 is 5.11 Å². The molecule has 0 saturated heterocycles. The Labute approximate surface area is 73.0 Å². The van der Waals surface area contributed by atoms with Crippen LogP contribution >= 0.6 is 0 Å². The number of aliphatic hydroxyl groups is 1. The average Bonchev–Trinajstić information content (AvgIpc) is 2.28. The topological polar surface area (TPSA) is 20.2 Å². The zero-order valence-corrected chi connectivity index (χ0v) is 7.59. The van der Waals surface area contributed by atoms with Gasteiger partial charge in [-0.05, 0) is 37.8 Å². The molecule has 0 unspecified atom stereocenters. The highest BCUT2D eigenvalue weighted by Gasteiger charge is 2.31. The summed E-state index contributed by atoms with van der Waals surface area (Å²) in [5, 5.41) is 9.97. The number of hydrogen-bond acceptors (Lipinski definition) is 1. The molecule has 1 nitrogen and oxygen atoms in total. The van der Waals surface area contributed by atoms with Crippen LogP contribution in [-0.4, -0.2) is 5.11 Å². The van der Waals surface area contributed by atoms with Gasteiger partial charge in [0.15, 0.2) is 0 Å². The van der Waals surface area contributed by atoms with Crippen molar-refractivity contribution in [2.75, 3.05) is 0 Å². The van der Waals surface area contributed by atoms with Crippen LogP contribution in [0.2, 0.25) is 0 Å². The first-order valence-corrected chi connectivity index (χ1v) is 4.42. The smallest absolute Gasteiger partial charge is 0.0874 e. The van der Waals surface area contributed by atoms with Crippen LogP contribution in [0.1, 0.15) is 30.0 Å². The summed E-state index contributed by atoms with van der Waals surface area (Å²) in [6.07, 6.45) is 1.88. The van der Waals surface area contributed by atoms with Gasteiger partial charge in [-0.25, -0.2) is 0 Å². The SMILES string of the molecule is Cc1ccc2c(c1)[C@](C)(O)CC2. The van der Waals surface area contributed by atoms with E-state index in [-0.39, 0.29) is 0 Å². The van der Waals surface area contributed by atoms with E-state index in [2.05, 4.69) is 25.1 Å². The van der Waals surface area contributed by atoms with Crippen molar-refractivity contribution in [1.82, 2.24) is 0 Å². The lowest BCUT2D eigenvalue weighted by molar-refractivity contribution is 0.0594. The number of fused-ring (bicyclic) bond motifs is 1. The minimum atomic E-state index is -0.582. The summed E-state index contributed by atoms with van der Waals surface area (Å²) >= 11 is 0. The van der Waals surface area contributed by atoms with Gasteiger partial charge < -0.3 is 5.11 Å². The summed E-state index contributed by atoms with van der Waals surface area (Å²) in [5.74, 6) is 0. The lowest BCUT2D eigenvalue weighted by Gasteiger charge is -2.17. The zero-order chi connectivity index (χ0) is 8.77. The van der Waals surface area contributed by atoms with Crippen LogP contribution in [0.3, 0.4) is 0 Å². The molecule has 0 saturated carbocycles. The Bertz CT molecular complexity index is 313. The molecule has 0 heterocycles. The molecule has 0 bridgehead atoms. The average molecular weight is 162 g/mol. The molecule has 12 heavy (non-hydrogen) atoms. The summed E-state index contributed by atoms with van der Waals surface area (Å²) in [6.45, 7) is 3.97. The maximum absolute atomic E-state index is 9.97. The molecule has 0 aliphatic heterocycles. The zero-order valence-electron chi connectivity index (χ0n) is 7.59. The molecule has 1 aromatic rings. The van der Waals surface area contributed by atoms with Crippen LogP contribution in [0.25, 0.3) is 0 Å². The Balaban J connectivity index is 2.57. The van der Waals surface area contributed by atoms with Gasteiger partial charge >= 0.3 is 0 Å². The van der Waals surface area contributed by atoms with Crippen molar-refractivity contribution in [3.63, 3.8) is 0 Å². The van der Waals surface area contributed by atoms with E-state index < -0.39 is 5.60 Å². The van der Waals surface area contributed by atoms with E-state index in [9.17, 15) is 5.11 Å². The van der Waals surface area contributed by atoms with E-state index in [4.69, 9.17) is 0 Å². The first-order chi connectivity index (χ1) is 5.59. The molecule has 0 aromatic heterocycles. The van der Waals surface area contributed by atoms with Crippen molar-refractivity contribution >= 4 is 0 Å². The molecule has 1 N–H and O–H groups in total. The molecule has 0 radical (unpaired) electrons. The Morgan fingerprint density at radius 2 is 2.17 bits per heavy atom. The number of hydrogen-bond donors (Lipinski definition) is 1. The van der Waals surface area contributed by atoms with Gasteiger partial charge in [-0.15, -0.1) is 0 Å². The molecular weight excluding hydrogens is 148 g/mol. The fraction of sp³-hybridized carbons (Fsp3) is 0.455. The van der Waals surface area contributed by atoms with Gasteiger partial charge in [0.2, 0.25) is 0 Å². The molecular formula is C11H14O. The second-order valence-electron chi connectivity index (χ2n) is 3.93. The molecule has 0 spiro atoms. The molecule has 64 valence electrons.